The van der Waals surface area contributed by atoms with Crippen LogP contribution < -0.4 is 10.5 Å². The molecule has 0 aliphatic heterocycles. The minimum Gasteiger partial charge on any atom is -0.507 e. The fraction of sp³-hybridized carbons (Fsp3) is 0.227. The first-order chi connectivity index (χ1) is 12.8. The minimum atomic E-state index is -1.10. The van der Waals surface area contributed by atoms with Crippen molar-refractivity contribution in [3.05, 3.63) is 83.6 Å². The summed E-state index contributed by atoms with van der Waals surface area (Å²) < 4.78 is 6.01. The third kappa shape index (κ3) is 4.99. The number of carbonyl (C=O) groups is 1. The molecule has 5 heteroatoms. The molecule has 2 aromatic rings. The van der Waals surface area contributed by atoms with Gasteiger partial charge >= 0.3 is 5.97 Å². The van der Waals surface area contributed by atoms with Crippen molar-refractivity contribution in [1.29, 1.82) is 0 Å². The number of hydrogen-bond acceptors (Lipinski definition) is 4. The van der Waals surface area contributed by atoms with Crippen molar-refractivity contribution >= 4 is 11.5 Å². The van der Waals surface area contributed by atoms with E-state index < -0.39 is 11.6 Å². The normalized spacial score (nSPS) is 12.3. The van der Waals surface area contributed by atoms with Gasteiger partial charge in [0.15, 0.2) is 5.60 Å². The number of aliphatic carboxylic acids is 1. The molecular weight excluding hydrogens is 342 g/mol. The lowest BCUT2D eigenvalue weighted by atomic mass is 9.95. The number of para-hydroxylation sites is 1. The highest BCUT2D eigenvalue weighted by Gasteiger charge is 2.29. The third-order valence-corrected chi connectivity index (χ3v) is 4.18. The number of allylic oxidation sites excluding steroid dienone is 2. The summed E-state index contributed by atoms with van der Waals surface area (Å²) in [5.74, 6) is -0.540. The summed E-state index contributed by atoms with van der Waals surface area (Å²) in [6.07, 6.45) is 1.41. The van der Waals surface area contributed by atoms with E-state index in [2.05, 4.69) is 6.58 Å². The van der Waals surface area contributed by atoms with Crippen LogP contribution in [0.4, 0.5) is 0 Å². The predicted octanol–water partition coefficient (Wildman–Crippen LogP) is 4.09. The zero-order valence-corrected chi connectivity index (χ0v) is 15.6. The molecule has 0 fully saturated rings. The number of hydrogen-bond donors (Lipinski definition) is 3. The molecule has 4 N–H and O–H groups in total. The Morgan fingerprint density at radius 3 is 2.52 bits per heavy atom. The summed E-state index contributed by atoms with van der Waals surface area (Å²) in [6, 6.07) is 14.4. The van der Waals surface area contributed by atoms with Crippen molar-refractivity contribution in [3.63, 3.8) is 0 Å². The van der Waals surface area contributed by atoms with Crippen molar-refractivity contribution in [3.8, 4) is 5.75 Å². The van der Waals surface area contributed by atoms with E-state index in [-0.39, 0.29) is 12.2 Å². The number of carboxylic acids is 1. The smallest absolute Gasteiger partial charge is 0.307 e. The monoisotopic (exact) mass is 367 g/mol. The van der Waals surface area contributed by atoms with Gasteiger partial charge < -0.3 is 20.7 Å². The number of aliphatic hydroxyl groups excluding tert-OH is 1. The maximum atomic E-state index is 11.1. The van der Waals surface area contributed by atoms with Gasteiger partial charge in [0.2, 0.25) is 0 Å². The Labute approximate surface area is 159 Å². The quantitative estimate of drug-likeness (QED) is 0.483. The zero-order chi connectivity index (χ0) is 20.0. The number of rotatable bonds is 8. The average molecular weight is 367 g/mol. The second kappa shape index (κ2) is 8.56. The van der Waals surface area contributed by atoms with Gasteiger partial charge in [-0.2, -0.15) is 0 Å². The molecule has 0 atom stereocenters. The highest BCUT2D eigenvalue weighted by Crippen LogP contribution is 2.32. The molecule has 27 heavy (non-hydrogen) atoms. The highest BCUT2D eigenvalue weighted by molar-refractivity contribution is 5.76. The molecule has 5 nitrogen and oxygen atoms in total. The van der Waals surface area contributed by atoms with Crippen molar-refractivity contribution < 1.29 is 19.7 Å². The molecule has 0 saturated heterocycles. The Kier molecular flexibility index (Phi) is 6.42. The fourth-order valence-corrected chi connectivity index (χ4v) is 2.78. The molecule has 142 valence electrons. The van der Waals surface area contributed by atoms with E-state index >= 15 is 0 Å². The first kappa shape index (κ1) is 20.3. The molecule has 2 aromatic carbocycles. The predicted molar refractivity (Wildman–Crippen MR) is 107 cm³/mol. The zero-order valence-electron chi connectivity index (χ0n) is 15.6. The van der Waals surface area contributed by atoms with E-state index in [9.17, 15) is 9.90 Å². The van der Waals surface area contributed by atoms with E-state index in [1.807, 2.05) is 24.3 Å². The van der Waals surface area contributed by atoms with Crippen LogP contribution in [-0.4, -0.2) is 21.8 Å². The maximum Gasteiger partial charge on any atom is 0.307 e. The second-order valence-electron chi connectivity index (χ2n) is 6.66. The van der Waals surface area contributed by atoms with Crippen molar-refractivity contribution in [1.82, 2.24) is 0 Å². The molecule has 0 aliphatic rings. The van der Waals surface area contributed by atoms with Gasteiger partial charge in [0.1, 0.15) is 11.5 Å². The molecule has 2 rings (SSSR count). The van der Waals surface area contributed by atoms with E-state index in [4.69, 9.17) is 15.6 Å². The Morgan fingerprint density at radius 1 is 1.19 bits per heavy atom. The summed E-state index contributed by atoms with van der Waals surface area (Å²) in [5.41, 5.74) is 7.39. The Bertz CT molecular complexity index is 868. The first-order valence-corrected chi connectivity index (χ1v) is 8.62. The van der Waals surface area contributed by atoms with Crippen LogP contribution >= 0.6 is 0 Å². The SMILES string of the molecule is C=C/C(=C(/O)C(C)(C)Oc1ccccc1CC(=O)O)c1cccc(CN)c1. The van der Waals surface area contributed by atoms with Gasteiger partial charge in [-0.05, 0) is 37.1 Å². The number of carboxylic acid groups (broad SMARTS) is 1. The van der Waals surface area contributed by atoms with Crippen LogP contribution in [0.2, 0.25) is 0 Å². The average Bonchev–Trinajstić information content (AvgIpc) is 2.63. The highest BCUT2D eigenvalue weighted by atomic mass is 16.5. The van der Waals surface area contributed by atoms with E-state index in [1.165, 1.54) is 0 Å². The van der Waals surface area contributed by atoms with Gasteiger partial charge in [-0.3, -0.25) is 4.79 Å². The molecule has 0 aliphatic carbocycles. The van der Waals surface area contributed by atoms with E-state index in [0.29, 0.717) is 23.4 Å². The van der Waals surface area contributed by atoms with Crippen molar-refractivity contribution in [2.75, 3.05) is 0 Å². The first-order valence-electron chi connectivity index (χ1n) is 8.62. The van der Waals surface area contributed by atoms with Crippen LogP contribution in [0.25, 0.3) is 5.57 Å². The number of aliphatic hydroxyl groups is 1. The van der Waals surface area contributed by atoms with Crippen LogP contribution in [0.5, 0.6) is 5.75 Å². The third-order valence-electron chi connectivity index (χ3n) is 4.18. The molecule has 0 unspecified atom stereocenters. The van der Waals surface area contributed by atoms with Gasteiger partial charge in [0.05, 0.1) is 6.42 Å². The Morgan fingerprint density at radius 2 is 1.89 bits per heavy atom. The Balaban J connectivity index is 2.43. The maximum absolute atomic E-state index is 11.1. The topological polar surface area (TPSA) is 92.8 Å². The number of ether oxygens (including phenoxy) is 1. The fourth-order valence-electron chi connectivity index (χ4n) is 2.78. The van der Waals surface area contributed by atoms with Crippen LogP contribution in [0.15, 0.2) is 66.9 Å². The molecule has 0 saturated carbocycles. The lowest BCUT2D eigenvalue weighted by Gasteiger charge is -2.28. The molecule has 0 bridgehead atoms. The van der Waals surface area contributed by atoms with Gasteiger partial charge in [0, 0.05) is 17.7 Å². The van der Waals surface area contributed by atoms with Crippen molar-refractivity contribution in [2.24, 2.45) is 5.73 Å². The summed E-state index contributed by atoms with van der Waals surface area (Å²) >= 11 is 0. The second-order valence-corrected chi connectivity index (χ2v) is 6.66. The summed E-state index contributed by atoms with van der Waals surface area (Å²) in [6.45, 7) is 7.64. The van der Waals surface area contributed by atoms with Crippen LogP contribution in [0, 0.1) is 0 Å². The van der Waals surface area contributed by atoms with Crippen molar-refractivity contribution in [2.45, 2.75) is 32.4 Å². The lowest BCUT2D eigenvalue weighted by Crippen LogP contribution is -2.32. The van der Waals surface area contributed by atoms with Crippen LogP contribution in [0.3, 0.4) is 0 Å². The number of benzene rings is 2. The lowest BCUT2D eigenvalue weighted by molar-refractivity contribution is -0.136. The van der Waals surface area contributed by atoms with E-state index in [0.717, 1.165) is 11.1 Å². The standard InChI is InChI=1S/C22H25NO4/c1-4-18(16-10-7-8-15(12-16)14-23)21(26)22(2,3)27-19-11-6-5-9-17(19)13-20(24)25/h4-12,26H,1,13-14,23H2,2-3H3,(H,24,25)/b21-18-. The largest absolute Gasteiger partial charge is 0.507 e. The summed E-state index contributed by atoms with van der Waals surface area (Å²) in [5, 5.41) is 20.0. The van der Waals surface area contributed by atoms with Crippen LogP contribution in [-0.2, 0) is 17.8 Å². The van der Waals surface area contributed by atoms with Gasteiger partial charge in [-0.1, -0.05) is 49.1 Å². The van der Waals surface area contributed by atoms with Gasteiger partial charge in [0.25, 0.3) is 0 Å². The molecule has 0 radical (unpaired) electrons. The minimum absolute atomic E-state index is 0.00296. The molecular formula is C22H25NO4. The van der Waals surface area contributed by atoms with Crippen LogP contribution in [0.1, 0.15) is 30.5 Å². The molecule has 0 amide bonds. The summed E-state index contributed by atoms with van der Waals surface area (Å²) in [4.78, 5) is 11.1. The Hall–Kier alpha value is -3.05. The molecule has 0 spiro atoms. The summed E-state index contributed by atoms with van der Waals surface area (Å²) in [7, 11) is 0. The van der Waals surface area contributed by atoms with Gasteiger partial charge in [-0.25, -0.2) is 0 Å². The van der Waals surface area contributed by atoms with Gasteiger partial charge in [-0.15, -0.1) is 0 Å². The number of nitrogens with two attached hydrogens (primary N) is 1. The molecule has 0 aromatic heterocycles. The van der Waals surface area contributed by atoms with E-state index in [1.54, 1.807) is 44.2 Å². The molecule has 0 heterocycles.